The zero-order valence-electron chi connectivity index (χ0n) is 11.7. The SMILES string of the molecule is COC(=O)[C@@H]1CC[C@@H](C(=O)OC)N1Cc1ccccc1. The first kappa shape index (κ1) is 14.5. The number of hydrogen-bond donors (Lipinski definition) is 0. The Balaban J connectivity index is 2.20. The molecule has 0 bridgehead atoms. The summed E-state index contributed by atoms with van der Waals surface area (Å²) in [5.74, 6) is -0.598. The molecule has 0 N–H and O–H groups in total. The van der Waals surface area contributed by atoms with Crippen LogP contribution in [-0.4, -0.2) is 43.1 Å². The minimum atomic E-state index is -0.385. The van der Waals surface area contributed by atoms with Gasteiger partial charge in [-0.3, -0.25) is 14.5 Å². The molecule has 0 unspecified atom stereocenters. The summed E-state index contributed by atoms with van der Waals surface area (Å²) in [6.07, 6.45) is 1.22. The average Bonchev–Trinajstić information content (AvgIpc) is 2.90. The van der Waals surface area contributed by atoms with Gasteiger partial charge in [-0.1, -0.05) is 30.3 Å². The molecule has 2 atom stereocenters. The smallest absolute Gasteiger partial charge is 0.323 e. The Labute approximate surface area is 118 Å². The van der Waals surface area contributed by atoms with Crippen molar-refractivity contribution >= 4 is 11.9 Å². The van der Waals surface area contributed by atoms with Crippen molar-refractivity contribution in [3.05, 3.63) is 35.9 Å². The van der Waals surface area contributed by atoms with E-state index in [9.17, 15) is 9.59 Å². The monoisotopic (exact) mass is 277 g/mol. The predicted octanol–water partition coefficient (Wildman–Crippen LogP) is 1.37. The number of rotatable bonds is 4. The van der Waals surface area contributed by atoms with Gasteiger partial charge in [0.1, 0.15) is 12.1 Å². The Morgan fingerprint density at radius 3 is 2.00 bits per heavy atom. The van der Waals surface area contributed by atoms with Crippen LogP contribution in [-0.2, 0) is 25.6 Å². The summed E-state index contributed by atoms with van der Waals surface area (Å²) in [5, 5.41) is 0. The van der Waals surface area contributed by atoms with Crippen molar-refractivity contribution in [1.29, 1.82) is 0 Å². The third kappa shape index (κ3) is 2.99. The van der Waals surface area contributed by atoms with E-state index in [0.29, 0.717) is 19.4 Å². The van der Waals surface area contributed by atoms with Crippen LogP contribution in [0.1, 0.15) is 18.4 Å². The highest BCUT2D eigenvalue weighted by molar-refractivity contribution is 5.81. The van der Waals surface area contributed by atoms with Gasteiger partial charge in [0.2, 0.25) is 0 Å². The number of nitrogens with zero attached hydrogens (tertiary/aromatic N) is 1. The van der Waals surface area contributed by atoms with E-state index < -0.39 is 0 Å². The molecule has 0 amide bonds. The molecule has 1 saturated heterocycles. The maximum atomic E-state index is 11.9. The van der Waals surface area contributed by atoms with E-state index in [0.717, 1.165) is 5.56 Å². The second kappa shape index (κ2) is 6.52. The Morgan fingerprint density at radius 2 is 1.55 bits per heavy atom. The molecule has 0 aromatic heterocycles. The fourth-order valence-corrected chi connectivity index (χ4v) is 2.66. The Bertz CT molecular complexity index is 450. The number of methoxy groups -OCH3 is 2. The topological polar surface area (TPSA) is 55.8 Å². The average molecular weight is 277 g/mol. The standard InChI is InChI=1S/C15H19NO4/c1-19-14(17)12-8-9-13(15(18)20-2)16(12)10-11-6-4-3-5-7-11/h3-7,12-13H,8-10H2,1-2H3/t12-,13-/m0/s1. The summed E-state index contributed by atoms with van der Waals surface area (Å²) in [6.45, 7) is 0.528. The van der Waals surface area contributed by atoms with Gasteiger partial charge >= 0.3 is 11.9 Å². The van der Waals surface area contributed by atoms with Crippen LogP contribution in [0.5, 0.6) is 0 Å². The van der Waals surface area contributed by atoms with E-state index in [1.807, 2.05) is 35.2 Å². The zero-order valence-corrected chi connectivity index (χ0v) is 11.7. The lowest BCUT2D eigenvalue weighted by Crippen LogP contribution is -2.44. The molecule has 2 rings (SSSR count). The summed E-state index contributed by atoms with van der Waals surface area (Å²) >= 11 is 0. The summed E-state index contributed by atoms with van der Waals surface area (Å²) < 4.78 is 9.66. The number of likely N-dealkylation sites (tertiary alicyclic amines) is 1. The van der Waals surface area contributed by atoms with Gasteiger partial charge in [0.05, 0.1) is 14.2 Å². The van der Waals surface area contributed by atoms with Crippen LogP contribution in [0.25, 0.3) is 0 Å². The summed E-state index contributed by atoms with van der Waals surface area (Å²) in [4.78, 5) is 25.6. The largest absolute Gasteiger partial charge is 0.468 e. The van der Waals surface area contributed by atoms with E-state index in [1.165, 1.54) is 14.2 Å². The van der Waals surface area contributed by atoms with E-state index in [1.54, 1.807) is 0 Å². The van der Waals surface area contributed by atoms with Crippen molar-refractivity contribution < 1.29 is 19.1 Å². The lowest BCUT2D eigenvalue weighted by atomic mass is 10.2. The minimum absolute atomic E-state index is 0.299. The Hall–Kier alpha value is -1.88. The van der Waals surface area contributed by atoms with Gasteiger partial charge in [-0.25, -0.2) is 0 Å². The second-order valence-corrected chi connectivity index (χ2v) is 4.81. The first-order valence-corrected chi connectivity index (χ1v) is 6.62. The van der Waals surface area contributed by atoms with Crippen molar-refractivity contribution in [2.75, 3.05) is 14.2 Å². The lowest BCUT2D eigenvalue weighted by molar-refractivity contribution is -0.151. The van der Waals surface area contributed by atoms with Gasteiger partial charge in [-0.2, -0.15) is 0 Å². The lowest BCUT2D eigenvalue weighted by Gasteiger charge is -2.27. The van der Waals surface area contributed by atoms with E-state index in [4.69, 9.17) is 9.47 Å². The Kier molecular flexibility index (Phi) is 4.74. The molecule has 1 heterocycles. The first-order valence-electron chi connectivity index (χ1n) is 6.62. The van der Waals surface area contributed by atoms with Crippen LogP contribution in [0.4, 0.5) is 0 Å². The number of carbonyl (C=O) groups excluding carboxylic acids is 2. The highest BCUT2D eigenvalue weighted by atomic mass is 16.5. The number of hydrogen-bond acceptors (Lipinski definition) is 5. The summed E-state index contributed by atoms with van der Waals surface area (Å²) in [6, 6.07) is 8.98. The molecule has 5 nitrogen and oxygen atoms in total. The van der Waals surface area contributed by atoms with E-state index in [-0.39, 0.29) is 24.0 Å². The molecular formula is C15H19NO4. The number of esters is 2. The molecule has 1 aromatic rings. The highest BCUT2D eigenvalue weighted by Gasteiger charge is 2.42. The number of ether oxygens (including phenoxy) is 2. The molecule has 5 heteroatoms. The molecule has 1 aromatic carbocycles. The van der Waals surface area contributed by atoms with Crippen LogP contribution < -0.4 is 0 Å². The van der Waals surface area contributed by atoms with Gasteiger partial charge in [0.25, 0.3) is 0 Å². The fraction of sp³-hybridized carbons (Fsp3) is 0.467. The third-order valence-electron chi connectivity index (χ3n) is 3.67. The molecule has 0 aliphatic carbocycles. The van der Waals surface area contributed by atoms with Gasteiger partial charge in [-0.15, -0.1) is 0 Å². The summed E-state index contributed by atoms with van der Waals surface area (Å²) in [5.41, 5.74) is 1.05. The quantitative estimate of drug-likeness (QED) is 0.778. The van der Waals surface area contributed by atoms with Crippen molar-refractivity contribution in [3.8, 4) is 0 Å². The fourth-order valence-electron chi connectivity index (χ4n) is 2.66. The summed E-state index contributed by atoms with van der Waals surface area (Å²) in [7, 11) is 2.74. The van der Waals surface area contributed by atoms with E-state index >= 15 is 0 Å². The first-order chi connectivity index (χ1) is 9.67. The van der Waals surface area contributed by atoms with Crippen LogP contribution in [0, 0.1) is 0 Å². The van der Waals surface area contributed by atoms with Crippen LogP contribution in [0.15, 0.2) is 30.3 Å². The molecule has 1 fully saturated rings. The molecule has 0 saturated carbocycles. The molecular weight excluding hydrogens is 258 g/mol. The van der Waals surface area contributed by atoms with Crippen LogP contribution >= 0.6 is 0 Å². The zero-order chi connectivity index (χ0) is 14.5. The van der Waals surface area contributed by atoms with Crippen LogP contribution in [0.2, 0.25) is 0 Å². The van der Waals surface area contributed by atoms with Gasteiger partial charge in [-0.05, 0) is 18.4 Å². The maximum Gasteiger partial charge on any atom is 0.323 e. The van der Waals surface area contributed by atoms with Gasteiger partial charge < -0.3 is 9.47 Å². The van der Waals surface area contributed by atoms with Crippen molar-refractivity contribution in [2.45, 2.75) is 31.5 Å². The minimum Gasteiger partial charge on any atom is -0.468 e. The molecule has 1 aliphatic rings. The molecule has 0 radical (unpaired) electrons. The maximum absolute atomic E-state index is 11.9. The highest BCUT2D eigenvalue weighted by Crippen LogP contribution is 2.28. The van der Waals surface area contributed by atoms with Crippen LogP contribution in [0.3, 0.4) is 0 Å². The van der Waals surface area contributed by atoms with E-state index in [2.05, 4.69) is 0 Å². The second-order valence-electron chi connectivity index (χ2n) is 4.81. The molecule has 0 spiro atoms. The van der Waals surface area contributed by atoms with Gasteiger partial charge in [0, 0.05) is 6.54 Å². The predicted molar refractivity (Wildman–Crippen MR) is 72.8 cm³/mol. The molecule has 20 heavy (non-hydrogen) atoms. The molecule has 108 valence electrons. The molecule has 1 aliphatic heterocycles. The third-order valence-corrected chi connectivity index (χ3v) is 3.67. The normalized spacial score (nSPS) is 22.5. The van der Waals surface area contributed by atoms with Crippen molar-refractivity contribution in [3.63, 3.8) is 0 Å². The number of carbonyl (C=O) groups is 2. The Morgan fingerprint density at radius 1 is 1.05 bits per heavy atom. The number of benzene rings is 1. The van der Waals surface area contributed by atoms with Gasteiger partial charge in [0.15, 0.2) is 0 Å². The van der Waals surface area contributed by atoms with Crippen molar-refractivity contribution in [2.24, 2.45) is 0 Å². The van der Waals surface area contributed by atoms with Crippen molar-refractivity contribution in [1.82, 2.24) is 4.90 Å².